The number of hydrogen-bond donors (Lipinski definition) is 3. The molecule has 1 aromatic heterocycles. The number of nitrogens with zero attached hydrogens (tertiary/aromatic N) is 1. The molecule has 1 heterocycles. The lowest BCUT2D eigenvalue weighted by Gasteiger charge is -1.99. The minimum Gasteiger partial charge on any atom is -0.478 e. The molecule has 0 saturated carbocycles. The number of fused-ring (bicyclic) bond motifs is 1. The van der Waals surface area contributed by atoms with Crippen LogP contribution in [0.4, 0.5) is 5.69 Å². The summed E-state index contributed by atoms with van der Waals surface area (Å²) >= 11 is 0. The molecule has 0 aliphatic heterocycles. The molecular formula is C9H9N3O2. The van der Waals surface area contributed by atoms with Crippen LogP contribution in [0, 0.1) is 6.92 Å². The summed E-state index contributed by atoms with van der Waals surface area (Å²) in [6.45, 7) is 1.78. The first-order chi connectivity index (χ1) is 6.59. The van der Waals surface area contributed by atoms with E-state index in [1.54, 1.807) is 13.0 Å². The summed E-state index contributed by atoms with van der Waals surface area (Å²) in [5, 5.41) is 16.3. The molecule has 0 unspecified atom stereocenters. The molecule has 5 nitrogen and oxygen atoms in total. The maximum Gasteiger partial charge on any atom is 0.336 e. The van der Waals surface area contributed by atoms with Crippen molar-refractivity contribution >= 4 is 22.6 Å². The van der Waals surface area contributed by atoms with Crippen LogP contribution in [0.2, 0.25) is 0 Å². The second-order valence-corrected chi connectivity index (χ2v) is 3.12. The van der Waals surface area contributed by atoms with Gasteiger partial charge in [0.2, 0.25) is 0 Å². The van der Waals surface area contributed by atoms with E-state index in [1.807, 2.05) is 0 Å². The van der Waals surface area contributed by atoms with Crippen molar-refractivity contribution < 1.29 is 9.90 Å². The lowest BCUT2D eigenvalue weighted by Crippen LogP contribution is -1.99. The molecule has 0 radical (unpaired) electrons. The molecule has 5 heteroatoms. The van der Waals surface area contributed by atoms with Gasteiger partial charge in [0, 0.05) is 16.8 Å². The maximum atomic E-state index is 10.9. The Morgan fingerprint density at radius 2 is 2.29 bits per heavy atom. The van der Waals surface area contributed by atoms with Gasteiger partial charge in [0.05, 0.1) is 11.1 Å². The van der Waals surface area contributed by atoms with Crippen LogP contribution in [0.15, 0.2) is 12.1 Å². The predicted octanol–water partition coefficient (Wildman–Crippen LogP) is 1.15. The van der Waals surface area contributed by atoms with Crippen molar-refractivity contribution in [2.24, 2.45) is 0 Å². The van der Waals surface area contributed by atoms with Crippen LogP contribution >= 0.6 is 0 Å². The number of aromatic nitrogens is 2. The Balaban J connectivity index is 2.90. The second-order valence-electron chi connectivity index (χ2n) is 3.12. The van der Waals surface area contributed by atoms with Crippen LogP contribution in [0.3, 0.4) is 0 Å². The molecule has 2 rings (SSSR count). The van der Waals surface area contributed by atoms with Crippen molar-refractivity contribution in [2.45, 2.75) is 6.92 Å². The van der Waals surface area contributed by atoms with Gasteiger partial charge in [-0.05, 0) is 19.1 Å². The highest BCUT2D eigenvalue weighted by Gasteiger charge is 2.13. The van der Waals surface area contributed by atoms with Crippen LogP contribution in [0.1, 0.15) is 16.1 Å². The number of carbonyl (C=O) groups is 1. The van der Waals surface area contributed by atoms with Crippen molar-refractivity contribution in [1.29, 1.82) is 0 Å². The first-order valence-corrected chi connectivity index (χ1v) is 4.07. The quantitative estimate of drug-likeness (QED) is 0.589. The summed E-state index contributed by atoms with van der Waals surface area (Å²) < 4.78 is 0. The van der Waals surface area contributed by atoms with E-state index in [9.17, 15) is 4.79 Å². The molecule has 0 bridgehead atoms. The molecule has 0 amide bonds. The molecule has 72 valence electrons. The number of carboxylic acid groups (broad SMARTS) is 1. The zero-order valence-corrected chi connectivity index (χ0v) is 7.53. The zero-order chi connectivity index (χ0) is 10.3. The van der Waals surface area contributed by atoms with Gasteiger partial charge in [0.25, 0.3) is 0 Å². The lowest BCUT2D eigenvalue weighted by molar-refractivity contribution is 0.0699. The van der Waals surface area contributed by atoms with Gasteiger partial charge in [-0.2, -0.15) is 5.10 Å². The number of hydrogen-bond acceptors (Lipinski definition) is 3. The number of aryl methyl sites for hydroxylation is 1. The summed E-state index contributed by atoms with van der Waals surface area (Å²) in [6, 6.07) is 3.08. The van der Waals surface area contributed by atoms with E-state index in [1.165, 1.54) is 6.07 Å². The van der Waals surface area contributed by atoms with Gasteiger partial charge in [-0.1, -0.05) is 0 Å². The summed E-state index contributed by atoms with van der Waals surface area (Å²) in [5.41, 5.74) is 7.46. The average molecular weight is 191 g/mol. The molecule has 4 N–H and O–H groups in total. The van der Waals surface area contributed by atoms with E-state index in [2.05, 4.69) is 10.2 Å². The molecule has 1 aromatic carbocycles. The first kappa shape index (κ1) is 8.55. The van der Waals surface area contributed by atoms with Crippen molar-refractivity contribution in [1.82, 2.24) is 10.2 Å². The third kappa shape index (κ3) is 1.10. The number of rotatable bonds is 1. The van der Waals surface area contributed by atoms with Gasteiger partial charge in [0.15, 0.2) is 0 Å². The highest BCUT2D eigenvalue weighted by Crippen LogP contribution is 2.23. The van der Waals surface area contributed by atoms with Crippen LogP contribution in [0.25, 0.3) is 10.9 Å². The number of aromatic carboxylic acids is 1. The molecule has 0 aliphatic carbocycles. The fraction of sp³-hybridized carbons (Fsp3) is 0.111. The Morgan fingerprint density at radius 3 is 2.93 bits per heavy atom. The number of nitrogens with two attached hydrogens (primary N) is 1. The van der Waals surface area contributed by atoms with E-state index >= 15 is 0 Å². The SMILES string of the molecule is Cc1[nH]nc2cc(N)cc(C(=O)O)c12. The Bertz CT molecular complexity index is 516. The number of H-pyrrole nitrogens is 1. The van der Waals surface area contributed by atoms with Crippen LogP contribution < -0.4 is 5.73 Å². The number of benzene rings is 1. The second kappa shape index (κ2) is 2.73. The Hall–Kier alpha value is -2.04. The van der Waals surface area contributed by atoms with E-state index in [0.717, 1.165) is 5.69 Å². The van der Waals surface area contributed by atoms with Crippen molar-refractivity contribution in [3.05, 3.63) is 23.4 Å². The van der Waals surface area contributed by atoms with Gasteiger partial charge < -0.3 is 10.8 Å². The molecular weight excluding hydrogens is 182 g/mol. The van der Waals surface area contributed by atoms with Crippen molar-refractivity contribution in [2.75, 3.05) is 5.73 Å². The molecule has 0 saturated heterocycles. The van der Waals surface area contributed by atoms with Crippen molar-refractivity contribution in [3.63, 3.8) is 0 Å². The highest BCUT2D eigenvalue weighted by atomic mass is 16.4. The maximum absolute atomic E-state index is 10.9. The summed E-state index contributed by atoms with van der Waals surface area (Å²) in [7, 11) is 0. The van der Waals surface area contributed by atoms with Gasteiger partial charge in [0.1, 0.15) is 0 Å². The summed E-state index contributed by atoms with van der Waals surface area (Å²) in [5.74, 6) is -0.994. The third-order valence-corrected chi connectivity index (χ3v) is 2.09. The van der Waals surface area contributed by atoms with E-state index in [-0.39, 0.29) is 5.56 Å². The number of carboxylic acids is 1. The zero-order valence-electron chi connectivity index (χ0n) is 7.53. The van der Waals surface area contributed by atoms with Gasteiger partial charge in [-0.15, -0.1) is 0 Å². The largest absolute Gasteiger partial charge is 0.478 e. The van der Waals surface area contributed by atoms with Crippen LogP contribution in [-0.4, -0.2) is 21.3 Å². The monoisotopic (exact) mass is 191 g/mol. The predicted molar refractivity (Wildman–Crippen MR) is 52.2 cm³/mol. The van der Waals surface area contributed by atoms with Crippen LogP contribution in [0.5, 0.6) is 0 Å². The number of nitrogens with one attached hydrogen (secondary N) is 1. The first-order valence-electron chi connectivity index (χ1n) is 4.07. The average Bonchev–Trinajstić information content (AvgIpc) is 2.46. The minimum atomic E-state index is -0.994. The molecule has 0 aliphatic rings. The molecule has 14 heavy (non-hydrogen) atoms. The molecule has 0 atom stereocenters. The normalized spacial score (nSPS) is 10.6. The standard InChI is InChI=1S/C9H9N3O2/c1-4-8-6(9(13)14)2-5(10)3-7(8)12-11-4/h2-3H,10H2,1H3,(H,11,12)(H,13,14). The third-order valence-electron chi connectivity index (χ3n) is 2.09. The lowest BCUT2D eigenvalue weighted by atomic mass is 10.1. The van der Waals surface area contributed by atoms with E-state index in [4.69, 9.17) is 10.8 Å². The number of nitrogen functional groups attached to an aromatic ring is 1. The number of anilines is 1. The Morgan fingerprint density at radius 1 is 1.57 bits per heavy atom. The Kier molecular flexibility index (Phi) is 1.67. The summed E-state index contributed by atoms with van der Waals surface area (Å²) in [4.78, 5) is 10.9. The van der Waals surface area contributed by atoms with Gasteiger partial charge in [-0.3, -0.25) is 5.10 Å². The van der Waals surface area contributed by atoms with E-state index < -0.39 is 5.97 Å². The van der Waals surface area contributed by atoms with Gasteiger partial charge in [-0.25, -0.2) is 4.79 Å². The smallest absolute Gasteiger partial charge is 0.336 e. The van der Waals surface area contributed by atoms with Crippen molar-refractivity contribution in [3.8, 4) is 0 Å². The fourth-order valence-electron chi connectivity index (χ4n) is 1.50. The molecule has 2 aromatic rings. The molecule has 0 fully saturated rings. The Labute approximate surface area is 79.5 Å². The summed E-state index contributed by atoms with van der Waals surface area (Å²) in [6.07, 6.45) is 0. The number of aromatic amines is 1. The van der Waals surface area contributed by atoms with E-state index in [0.29, 0.717) is 16.6 Å². The minimum absolute atomic E-state index is 0.186. The van der Waals surface area contributed by atoms with Crippen LogP contribution in [-0.2, 0) is 0 Å². The molecule has 0 spiro atoms. The highest BCUT2D eigenvalue weighted by molar-refractivity contribution is 6.05. The van der Waals surface area contributed by atoms with Gasteiger partial charge >= 0.3 is 5.97 Å². The fourth-order valence-corrected chi connectivity index (χ4v) is 1.50. The topological polar surface area (TPSA) is 92.0 Å².